The highest BCUT2D eigenvalue weighted by Gasteiger charge is 2.34. The van der Waals surface area contributed by atoms with Crippen LogP contribution in [-0.4, -0.2) is 37.3 Å². The Balaban J connectivity index is 1.47. The summed E-state index contributed by atoms with van der Waals surface area (Å²) >= 11 is 0. The first-order valence-electron chi connectivity index (χ1n) is 13.1. The smallest absolute Gasteiger partial charge is 0.370 e. The lowest BCUT2D eigenvalue weighted by Crippen LogP contribution is -2.51. The van der Waals surface area contributed by atoms with Gasteiger partial charge in [-0.05, 0) is 85.8 Å². The summed E-state index contributed by atoms with van der Waals surface area (Å²) in [6.07, 6.45) is 0.250. The third-order valence-electron chi connectivity index (χ3n) is 6.58. The molecule has 0 saturated heterocycles. The second kappa shape index (κ2) is 12.4. The van der Waals surface area contributed by atoms with Gasteiger partial charge in [0.05, 0.1) is 11.3 Å². The van der Waals surface area contributed by atoms with Crippen LogP contribution in [0.5, 0.6) is 0 Å². The predicted molar refractivity (Wildman–Crippen MR) is 151 cm³/mol. The van der Waals surface area contributed by atoms with E-state index in [1.54, 1.807) is 18.3 Å². The van der Waals surface area contributed by atoms with Crippen LogP contribution in [0.15, 0.2) is 65.3 Å². The van der Waals surface area contributed by atoms with Crippen molar-refractivity contribution in [2.24, 2.45) is 22.2 Å². The normalized spacial score (nSPS) is 17.4. The molecule has 2 amide bonds. The van der Waals surface area contributed by atoms with Crippen LogP contribution in [0, 0.1) is 0 Å². The largest absolute Gasteiger partial charge is 0.416 e. The highest BCUT2D eigenvalue weighted by molar-refractivity contribution is 5.96. The molecule has 12 heteroatoms. The summed E-state index contributed by atoms with van der Waals surface area (Å²) in [5, 5.41) is 9.34. The second-order valence-electron chi connectivity index (χ2n) is 10.0. The fraction of sp³-hybridized carbons (Fsp3) is 0.357. The summed E-state index contributed by atoms with van der Waals surface area (Å²) in [6, 6.07) is 11.1. The molecular formula is C28H35F3N8O. The molecule has 0 spiro atoms. The number of aryl methyl sites for hydroxylation is 1. The van der Waals surface area contributed by atoms with Gasteiger partial charge in [0.25, 0.3) is 0 Å². The zero-order chi connectivity index (χ0) is 28.9. The van der Waals surface area contributed by atoms with Crippen molar-refractivity contribution in [1.82, 2.24) is 16.0 Å². The fourth-order valence-electron chi connectivity index (χ4n) is 4.49. The quantitative estimate of drug-likeness (QED) is 0.142. The zero-order valence-corrected chi connectivity index (χ0v) is 22.3. The number of carbonyl (C=O) groups excluding carboxylic acids is 1. The number of guanidine groups is 1. The van der Waals surface area contributed by atoms with Gasteiger partial charge in [-0.25, -0.2) is 4.79 Å². The van der Waals surface area contributed by atoms with Gasteiger partial charge in [0, 0.05) is 36.6 Å². The number of nitrogens with two attached hydrogens (primary N) is 3. The first-order valence-corrected chi connectivity index (χ1v) is 13.1. The van der Waals surface area contributed by atoms with Crippen LogP contribution in [-0.2, 0) is 19.1 Å². The van der Waals surface area contributed by atoms with Gasteiger partial charge in [-0.3, -0.25) is 9.89 Å². The molecule has 9 nitrogen and oxygen atoms in total. The lowest BCUT2D eigenvalue weighted by Gasteiger charge is -2.29. The number of alkyl halides is 3. The zero-order valence-electron chi connectivity index (χ0n) is 22.3. The van der Waals surface area contributed by atoms with Crippen molar-refractivity contribution >= 4 is 23.4 Å². The summed E-state index contributed by atoms with van der Waals surface area (Å²) < 4.78 is 40.9. The Morgan fingerprint density at radius 3 is 2.55 bits per heavy atom. The first-order chi connectivity index (χ1) is 19.0. The maximum Gasteiger partial charge on any atom is 0.416 e. The van der Waals surface area contributed by atoms with E-state index >= 15 is 0 Å². The van der Waals surface area contributed by atoms with Gasteiger partial charge < -0.3 is 33.2 Å². The molecule has 9 N–H and O–H groups in total. The number of nitrogens with zero attached hydrogens (tertiary/aromatic N) is 2. The Labute approximate surface area is 231 Å². The van der Waals surface area contributed by atoms with Gasteiger partial charge in [-0.1, -0.05) is 12.1 Å². The Morgan fingerprint density at radius 1 is 1.12 bits per heavy atom. The maximum atomic E-state index is 13.6. The highest BCUT2D eigenvalue weighted by atomic mass is 19.4. The summed E-state index contributed by atoms with van der Waals surface area (Å²) in [6.45, 7) is 3.78. The van der Waals surface area contributed by atoms with Crippen molar-refractivity contribution in [1.29, 1.82) is 0 Å². The number of halogens is 3. The first kappa shape index (κ1) is 29.0. The van der Waals surface area contributed by atoms with Crippen LogP contribution in [0.3, 0.4) is 0 Å². The van der Waals surface area contributed by atoms with E-state index < -0.39 is 17.9 Å². The number of nitrogens with one attached hydrogen (secondary N) is 3. The Morgan fingerprint density at radius 2 is 1.88 bits per heavy atom. The molecule has 0 fully saturated rings. The number of aliphatic imine (C=N–C) groups is 1. The number of urea groups is 1. The van der Waals surface area contributed by atoms with Gasteiger partial charge in [0.2, 0.25) is 0 Å². The lowest BCUT2D eigenvalue weighted by atomic mass is 9.99. The minimum Gasteiger partial charge on any atom is -0.370 e. The molecule has 2 aromatic rings. The predicted octanol–water partition coefficient (Wildman–Crippen LogP) is 3.12. The molecule has 2 atom stereocenters. The van der Waals surface area contributed by atoms with E-state index in [1.807, 2.05) is 31.2 Å². The lowest BCUT2D eigenvalue weighted by molar-refractivity contribution is -0.137. The number of benzene rings is 2. The van der Waals surface area contributed by atoms with E-state index in [4.69, 9.17) is 17.2 Å². The van der Waals surface area contributed by atoms with Crippen molar-refractivity contribution in [2.75, 3.05) is 18.0 Å². The maximum absolute atomic E-state index is 13.6. The number of fused-ring (bicyclic) bond motifs is 1. The number of amides is 2. The fourth-order valence-corrected chi connectivity index (χ4v) is 4.49. The SMILES string of the molecule is C[C@@H](N)CCc1cc(C2=CC3=CN(c4ccc(CNCCCN=C(N)N)cc4)C(=O)NC3N2)cc(C(F)(F)F)c1. The van der Waals surface area contributed by atoms with Gasteiger partial charge >= 0.3 is 12.2 Å². The highest BCUT2D eigenvalue weighted by Crippen LogP contribution is 2.34. The van der Waals surface area contributed by atoms with Gasteiger partial charge in [-0.15, -0.1) is 0 Å². The Kier molecular flexibility index (Phi) is 9.00. The molecule has 0 radical (unpaired) electrons. The summed E-state index contributed by atoms with van der Waals surface area (Å²) in [7, 11) is 0. The third-order valence-corrected chi connectivity index (χ3v) is 6.58. The van der Waals surface area contributed by atoms with Crippen molar-refractivity contribution in [3.8, 4) is 0 Å². The van der Waals surface area contributed by atoms with Crippen LogP contribution in [0.1, 0.15) is 42.0 Å². The van der Waals surface area contributed by atoms with E-state index in [9.17, 15) is 18.0 Å². The van der Waals surface area contributed by atoms with Gasteiger partial charge in [0.15, 0.2) is 5.96 Å². The molecule has 2 heterocycles. The van der Waals surface area contributed by atoms with Crippen LogP contribution in [0.4, 0.5) is 23.7 Å². The Bertz CT molecular complexity index is 1300. The molecule has 2 aliphatic rings. The van der Waals surface area contributed by atoms with Crippen LogP contribution >= 0.6 is 0 Å². The van der Waals surface area contributed by atoms with E-state index in [0.717, 1.165) is 30.2 Å². The monoisotopic (exact) mass is 556 g/mol. The van der Waals surface area contributed by atoms with Crippen molar-refractivity contribution < 1.29 is 18.0 Å². The molecule has 0 bridgehead atoms. The van der Waals surface area contributed by atoms with E-state index in [1.165, 1.54) is 11.0 Å². The minimum atomic E-state index is -4.48. The number of anilines is 1. The standard InChI is InChI=1S/C28H35F3N8O/c1-17(32)3-4-19-11-20(13-22(12-19)28(29,30)31)24-14-21-16-39(27(40)38-25(21)37-24)23-7-5-18(6-8-23)15-35-9-2-10-36-26(33)34/h5-8,11-14,16-17,25,35,37H,2-4,9-10,15,32H2,1H3,(H,38,40)(H4,33,34,36)/t17-,25?/m1/s1. The topological polar surface area (TPSA) is 147 Å². The molecule has 214 valence electrons. The Hall–Kier alpha value is -4.03. The summed E-state index contributed by atoms with van der Waals surface area (Å²) in [5.74, 6) is 0.0801. The molecule has 0 saturated carbocycles. The van der Waals surface area contributed by atoms with Crippen molar-refractivity contribution in [2.45, 2.75) is 51.1 Å². The molecule has 1 unspecified atom stereocenters. The third kappa shape index (κ3) is 7.54. The second-order valence-corrected chi connectivity index (χ2v) is 10.0. The van der Waals surface area contributed by atoms with Crippen LogP contribution < -0.4 is 38.1 Å². The molecular weight excluding hydrogens is 521 g/mol. The average molecular weight is 557 g/mol. The average Bonchev–Trinajstić information content (AvgIpc) is 3.31. The van der Waals surface area contributed by atoms with Gasteiger partial charge in [0.1, 0.15) is 6.17 Å². The molecule has 40 heavy (non-hydrogen) atoms. The molecule has 2 aromatic carbocycles. The number of carbonyl (C=O) groups is 1. The minimum absolute atomic E-state index is 0.0801. The van der Waals surface area contributed by atoms with Crippen LogP contribution in [0.2, 0.25) is 0 Å². The molecule has 4 rings (SSSR count). The van der Waals surface area contributed by atoms with Gasteiger partial charge in [-0.2, -0.15) is 13.2 Å². The van der Waals surface area contributed by atoms with E-state index in [0.29, 0.717) is 48.4 Å². The van der Waals surface area contributed by atoms with E-state index in [2.05, 4.69) is 20.9 Å². The van der Waals surface area contributed by atoms with Crippen molar-refractivity contribution in [3.63, 3.8) is 0 Å². The van der Waals surface area contributed by atoms with Crippen molar-refractivity contribution in [3.05, 3.63) is 82.6 Å². The van der Waals surface area contributed by atoms with Crippen LogP contribution in [0.25, 0.3) is 5.70 Å². The number of rotatable bonds is 11. The number of hydrogen-bond acceptors (Lipinski definition) is 5. The molecule has 0 aliphatic carbocycles. The molecule has 0 aromatic heterocycles. The number of hydrogen-bond donors (Lipinski definition) is 6. The summed E-state index contributed by atoms with van der Waals surface area (Å²) in [5.41, 5.74) is 19.6. The summed E-state index contributed by atoms with van der Waals surface area (Å²) in [4.78, 5) is 18.3. The van der Waals surface area contributed by atoms with E-state index in [-0.39, 0.29) is 18.0 Å². The molecule has 2 aliphatic heterocycles.